The van der Waals surface area contributed by atoms with Gasteiger partial charge in [-0.2, -0.15) is 5.26 Å². The molecule has 230 valence electrons. The summed E-state index contributed by atoms with van der Waals surface area (Å²) in [6.45, 7) is 22.5. The topological polar surface area (TPSA) is 91.3 Å². The lowest BCUT2D eigenvalue weighted by molar-refractivity contribution is 0.0570. The Bertz CT molecular complexity index is 1450. The van der Waals surface area contributed by atoms with Crippen molar-refractivity contribution >= 4 is 33.9 Å². The first-order valence-electron chi connectivity index (χ1n) is 15.1. The van der Waals surface area contributed by atoms with Gasteiger partial charge in [0.15, 0.2) is 0 Å². The van der Waals surface area contributed by atoms with Crippen molar-refractivity contribution in [3.05, 3.63) is 77.3 Å². The molecule has 0 spiro atoms. The smallest absolute Gasteiger partial charge is 0.103 e. The Morgan fingerprint density at radius 2 is 1.93 bits per heavy atom. The fourth-order valence-corrected chi connectivity index (χ4v) is 5.66. The molecular formula is C34H47ClN8. The molecule has 4 N–H and O–H groups in total. The molecule has 0 unspecified atom stereocenters. The maximum atomic E-state index is 9.86. The van der Waals surface area contributed by atoms with Gasteiger partial charge in [-0.25, -0.2) is 0 Å². The van der Waals surface area contributed by atoms with E-state index in [0.29, 0.717) is 28.7 Å². The molecule has 0 amide bonds. The van der Waals surface area contributed by atoms with Crippen LogP contribution in [0, 0.1) is 16.7 Å². The quantitative estimate of drug-likeness (QED) is 0.226. The third kappa shape index (κ3) is 8.11. The van der Waals surface area contributed by atoms with E-state index < -0.39 is 0 Å². The Balaban J connectivity index is 1.65. The van der Waals surface area contributed by atoms with E-state index in [4.69, 9.17) is 11.6 Å². The first-order valence-corrected chi connectivity index (χ1v) is 15.5. The highest BCUT2D eigenvalue weighted by atomic mass is 35.5. The number of hydrogen-bond donors (Lipinski definition) is 4. The van der Waals surface area contributed by atoms with Gasteiger partial charge >= 0.3 is 0 Å². The molecule has 9 heteroatoms. The number of pyridine rings is 1. The number of piperidine rings is 1. The van der Waals surface area contributed by atoms with Gasteiger partial charge in [-0.15, -0.1) is 5.53 Å². The average Bonchev–Trinajstić information content (AvgIpc) is 3.44. The minimum absolute atomic E-state index is 0.0208. The molecule has 2 aliphatic rings. The highest BCUT2D eigenvalue weighted by molar-refractivity contribution is 6.35. The summed E-state index contributed by atoms with van der Waals surface area (Å²) in [5.74, 6) is 0. The van der Waals surface area contributed by atoms with E-state index in [-0.39, 0.29) is 17.0 Å². The molecule has 0 bridgehead atoms. The maximum Gasteiger partial charge on any atom is 0.103 e. The fourth-order valence-electron chi connectivity index (χ4n) is 5.40. The minimum atomic E-state index is -0.264. The van der Waals surface area contributed by atoms with Crippen LogP contribution in [0.15, 0.2) is 66.7 Å². The number of likely N-dealkylation sites (tertiary alicyclic amines) is 1. The zero-order valence-corrected chi connectivity index (χ0v) is 27.4. The van der Waals surface area contributed by atoms with Gasteiger partial charge < -0.3 is 16.1 Å². The molecule has 4 rings (SSSR count). The van der Waals surface area contributed by atoms with Crippen molar-refractivity contribution in [3.8, 4) is 6.07 Å². The number of rotatable bonds is 9. The number of hydrogen-bond acceptors (Lipinski definition) is 8. The number of allylic oxidation sites excluding steroid dienone is 3. The second kappa shape index (κ2) is 13.4. The van der Waals surface area contributed by atoms with Crippen LogP contribution in [0.5, 0.6) is 0 Å². The third-order valence-electron chi connectivity index (χ3n) is 7.86. The Kier molecular flexibility index (Phi) is 10.1. The standard InChI is InChI=1S/C34H47ClN8/c1-9-10-11-12-23(2)30(29-21-43(41-40-29)26-13-15-42(16-14-26)34(6,7)8)39-25-17-27-31(38-22-33(3,4)5)24(19-36)20-37-32(27)28(35)18-25/h9-12,17-18,20-21,26,30,39-41H,2,13-16,22H2,1,3-8H3,(H,37,38)/b10-9-,12-11-/t30-/m0/s1. The zero-order chi connectivity index (χ0) is 31.4. The monoisotopic (exact) mass is 602 g/mol. The average molecular weight is 603 g/mol. The van der Waals surface area contributed by atoms with Crippen molar-refractivity contribution in [2.45, 2.75) is 78.9 Å². The lowest BCUT2D eigenvalue weighted by atomic mass is 9.96. The van der Waals surface area contributed by atoms with Gasteiger partial charge in [-0.3, -0.25) is 14.9 Å². The van der Waals surface area contributed by atoms with E-state index >= 15 is 0 Å². The van der Waals surface area contributed by atoms with Crippen molar-refractivity contribution in [3.63, 3.8) is 0 Å². The van der Waals surface area contributed by atoms with Crippen LogP contribution in [-0.4, -0.2) is 52.1 Å². The molecule has 0 saturated carbocycles. The third-order valence-corrected chi connectivity index (χ3v) is 8.15. The number of fused-ring (bicyclic) bond motifs is 1. The van der Waals surface area contributed by atoms with Crippen molar-refractivity contribution in [2.24, 2.45) is 5.41 Å². The van der Waals surface area contributed by atoms with E-state index in [1.54, 1.807) is 6.20 Å². The van der Waals surface area contributed by atoms with Crippen molar-refractivity contribution < 1.29 is 0 Å². The van der Waals surface area contributed by atoms with E-state index in [9.17, 15) is 5.26 Å². The van der Waals surface area contributed by atoms with Crippen molar-refractivity contribution in [2.75, 3.05) is 30.3 Å². The largest absolute Gasteiger partial charge is 0.383 e. The van der Waals surface area contributed by atoms with Gasteiger partial charge in [0, 0.05) is 54.7 Å². The summed E-state index contributed by atoms with van der Waals surface area (Å²) in [6.07, 6.45) is 13.9. The molecule has 0 radical (unpaired) electrons. The molecule has 8 nitrogen and oxygen atoms in total. The van der Waals surface area contributed by atoms with Crippen LogP contribution >= 0.6 is 11.6 Å². The Labute approximate surface area is 262 Å². The maximum absolute atomic E-state index is 9.86. The highest BCUT2D eigenvalue weighted by Gasteiger charge is 2.32. The van der Waals surface area contributed by atoms with Gasteiger partial charge in [0.1, 0.15) is 6.07 Å². The van der Waals surface area contributed by atoms with Crippen molar-refractivity contribution in [1.82, 2.24) is 25.9 Å². The summed E-state index contributed by atoms with van der Waals surface area (Å²) >= 11 is 6.80. The lowest BCUT2D eigenvalue weighted by Gasteiger charge is -2.42. The molecule has 1 atom stereocenters. The summed E-state index contributed by atoms with van der Waals surface area (Å²) in [7, 11) is 0. The number of halogens is 1. The van der Waals surface area contributed by atoms with Crippen LogP contribution in [0.25, 0.3) is 10.9 Å². The SMILES string of the molecule is C=C(/C=C\C=C/C)[C@H](Nc1cc(Cl)c2ncc(C#N)c(NCC(C)(C)C)c2c1)C1=CN(C2CCN(C(C)(C)C)CC2)NN1. The van der Waals surface area contributed by atoms with Crippen LogP contribution in [0.4, 0.5) is 11.4 Å². The Morgan fingerprint density at radius 3 is 2.56 bits per heavy atom. The number of nitrogens with one attached hydrogen (secondary N) is 4. The number of anilines is 2. The molecule has 2 aliphatic heterocycles. The minimum Gasteiger partial charge on any atom is -0.383 e. The second-order valence-corrected chi connectivity index (χ2v) is 14.0. The first kappa shape index (κ1) is 32.4. The summed E-state index contributed by atoms with van der Waals surface area (Å²) in [5, 5.41) is 20.5. The number of aromatic nitrogens is 1. The normalized spacial score (nSPS) is 17.7. The number of benzene rings is 1. The van der Waals surface area contributed by atoms with Gasteiger partial charge in [-0.1, -0.05) is 63.3 Å². The molecule has 0 aliphatic carbocycles. The van der Waals surface area contributed by atoms with E-state index in [2.05, 4.69) is 96.9 Å². The lowest BCUT2D eigenvalue weighted by Crippen LogP contribution is -2.52. The van der Waals surface area contributed by atoms with Crippen LogP contribution in [-0.2, 0) is 0 Å². The summed E-state index contributed by atoms with van der Waals surface area (Å²) in [6, 6.07) is 6.31. The number of nitriles is 1. The summed E-state index contributed by atoms with van der Waals surface area (Å²) in [4.78, 5) is 7.07. The van der Waals surface area contributed by atoms with Crippen LogP contribution < -0.4 is 21.6 Å². The number of hydrazine groups is 2. The van der Waals surface area contributed by atoms with Gasteiger partial charge in [0.2, 0.25) is 0 Å². The zero-order valence-electron chi connectivity index (χ0n) is 26.7. The van der Waals surface area contributed by atoms with E-state index in [1.807, 2.05) is 43.4 Å². The van der Waals surface area contributed by atoms with Gasteiger partial charge in [0.25, 0.3) is 0 Å². The summed E-state index contributed by atoms with van der Waals surface area (Å²) < 4.78 is 0. The van der Waals surface area contributed by atoms with Crippen molar-refractivity contribution in [1.29, 1.82) is 5.26 Å². The predicted octanol–water partition coefficient (Wildman–Crippen LogP) is 7.12. The molecule has 1 fully saturated rings. The first-order chi connectivity index (χ1) is 20.3. The van der Waals surface area contributed by atoms with Crippen LogP contribution in [0.2, 0.25) is 5.02 Å². The molecule has 3 heterocycles. The second-order valence-electron chi connectivity index (χ2n) is 13.6. The van der Waals surface area contributed by atoms with E-state index in [0.717, 1.165) is 54.0 Å². The molecular weight excluding hydrogens is 556 g/mol. The highest BCUT2D eigenvalue weighted by Crippen LogP contribution is 2.35. The number of nitrogens with zero attached hydrogens (tertiary/aromatic N) is 4. The molecule has 43 heavy (non-hydrogen) atoms. The Morgan fingerprint density at radius 1 is 1.21 bits per heavy atom. The van der Waals surface area contributed by atoms with Crippen LogP contribution in [0.3, 0.4) is 0 Å². The molecule has 1 aromatic carbocycles. The predicted molar refractivity (Wildman–Crippen MR) is 180 cm³/mol. The molecule has 2 aromatic rings. The van der Waals surface area contributed by atoms with Crippen LogP contribution in [0.1, 0.15) is 66.9 Å². The molecule has 1 saturated heterocycles. The fraction of sp³-hybridized carbons (Fsp3) is 0.471. The summed E-state index contributed by atoms with van der Waals surface area (Å²) in [5.41, 5.74) is 11.5. The molecule has 1 aromatic heterocycles. The Hall–Kier alpha value is -3.51. The van der Waals surface area contributed by atoms with Gasteiger partial charge in [-0.05, 0) is 63.7 Å². The van der Waals surface area contributed by atoms with E-state index in [1.165, 1.54) is 0 Å². The van der Waals surface area contributed by atoms with Gasteiger partial charge in [0.05, 0.1) is 33.5 Å².